The fourth-order valence-electron chi connectivity index (χ4n) is 2.36. The zero-order valence-corrected chi connectivity index (χ0v) is 11.4. The molecule has 0 aliphatic carbocycles. The van der Waals surface area contributed by atoms with Crippen molar-refractivity contribution in [1.29, 1.82) is 0 Å². The highest BCUT2D eigenvalue weighted by Gasteiger charge is 2.28. The van der Waals surface area contributed by atoms with Crippen LogP contribution >= 0.6 is 0 Å². The van der Waals surface area contributed by atoms with E-state index < -0.39 is 24.7 Å². The van der Waals surface area contributed by atoms with Crippen molar-refractivity contribution in [2.75, 3.05) is 19.6 Å². The number of nitrogens with zero attached hydrogens (tertiary/aromatic N) is 1. The van der Waals surface area contributed by atoms with Crippen molar-refractivity contribution in [3.8, 4) is 0 Å². The molecule has 1 aromatic rings. The maximum absolute atomic E-state index is 12.0. The third-order valence-electron chi connectivity index (χ3n) is 3.40. The Kier molecular flexibility index (Phi) is 4.84. The summed E-state index contributed by atoms with van der Waals surface area (Å²) < 4.78 is 36.1. The Morgan fingerprint density at radius 2 is 2.10 bits per heavy atom. The smallest absolute Gasteiger partial charge is 0.388 e. The third kappa shape index (κ3) is 4.44. The minimum absolute atomic E-state index is 0.305. The van der Waals surface area contributed by atoms with Crippen LogP contribution in [0.4, 0.5) is 13.2 Å². The average Bonchev–Trinajstić information content (AvgIpc) is 2.57. The molecular formula is C14H17F3N2O2. The van der Waals surface area contributed by atoms with E-state index in [0.29, 0.717) is 19.5 Å². The second-order valence-corrected chi connectivity index (χ2v) is 5.04. The second-order valence-electron chi connectivity index (χ2n) is 5.04. The van der Waals surface area contributed by atoms with Crippen LogP contribution in [0.5, 0.6) is 0 Å². The van der Waals surface area contributed by atoms with Crippen molar-refractivity contribution < 1.29 is 23.1 Å². The van der Waals surface area contributed by atoms with Crippen molar-refractivity contribution in [3.05, 3.63) is 35.4 Å². The molecule has 2 rings (SSSR count). The number of fused-ring (bicyclic) bond motifs is 1. The van der Waals surface area contributed by atoms with Crippen LogP contribution in [0.1, 0.15) is 23.7 Å². The van der Waals surface area contributed by atoms with Gasteiger partial charge in [0.25, 0.3) is 0 Å². The Morgan fingerprint density at radius 1 is 1.38 bits per heavy atom. The van der Waals surface area contributed by atoms with Crippen LogP contribution in [0.25, 0.3) is 0 Å². The molecule has 1 unspecified atom stereocenters. The van der Waals surface area contributed by atoms with Crippen LogP contribution in [0.2, 0.25) is 0 Å². The lowest BCUT2D eigenvalue weighted by molar-refractivity contribution is -0.134. The Morgan fingerprint density at radius 3 is 2.81 bits per heavy atom. The van der Waals surface area contributed by atoms with E-state index >= 15 is 0 Å². The number of rotatable bonds is 3. The highest BCUT2D eigenvalue weighted by Crippen LogP contribution is 2.26. The fraction of sp³-hybridized carbons (Fsp3) is 0.500. The molecule has 1 aromatic carbocycles. The zero-order valence-electron chi connectivity index (χ0n) is 11.4. The van der Waals surface area contributed by atoms with E-state index in [4.69, 9.17) is 0 Å². The molecule has 0 spiro atoms. The molecule has 7 heteroatoms. The Hall–Kier alpha value is -1.60. The van der Waals surface area contributed by atoms with Gasteiger partial charge in [0.1, 0.15) is 0 Å². The van der Waals surface area contributed by atoms with Gasteiger partial charge in [-0.05, 0) is 17.5 Å². The lowest BCUT2D eigenvalue weighted by Crippen LogP contribution is -2.40. The number of amides is 1. The van der Waals surface area contributed by atoms with E-state index in [1.165, 1.54) is 4.90 Å². The van der Waals surface area contributed by atoms with Crippen molar-refractivity contribution in [2.24, 2.45) is 0 Å². The number of halogens is 3. The van der Waals surface area contributed by atoms with Crippen LogP contribution in [-0.2, 0) is 11.3 Å². The van der Waals surface area contributed by atoms with Gasteiger partial charge in [-0.25, -0.2) is 0 Å². The summed E-state index contributed by atoms with van der Waals surface area (Å²) >= 11 is 0. The Bertz CT molecular complexity index is 505. The zero-order chi connectivity index (χ0) is 15.5. The summed E-state index contributed by atoms with van der Waals surface area (Å²) in [4.78, 5) is 13.4. The van der Waals surface area contributed by atoms with Crippen LogP contribution in [0.3, 0.4) is 0 Å². The molecule has 1 aliphatic heterocycles. The SMILES string of the molecule is O=C(CNCC(F)(F)F)N1CCC(O)c2ccccc2C1. The summed E-state index contributed by atoms with van der Waals surface area (Å²) in [6.07, 6.45) is -4.61. The molecule has 0 saturated heterocycles. The summed E-state index contributed by atoms with van der Waals surface area (Å²) in [7, 11) is 0. The summed E-state index contributed by atoms with van der Waals surface area (Å²) in [5.74, 6) is -0.400. The maximum Gasteiger partial charge on any atom is 0.401 e. The van der Waals surface area contributed by atoms with Gasteiger partial charge in [0.15, 0.2) is 0 Å². The highest BCUT2D eigenvalue weighted by atomic mass is 19.4. The molecule has 116 valence electrons. The first-order chi connectivity index (χ1) is 9.87. The minimum Gasteiger partial charge on any atom is -0.388 e. The molecular weight excluding hydrogens is 285 g/mol. The quantitative estimate of drug-likeness (QED) is 0.892. The molecule has 0 fully saturated rings. The monoisotopic (exact) mass is 302 g/mol. The number of aliphatic hydroxyl groups excluding tert-OH is 1. The van der Waals surface area contributed by atoms with Gasteiger partial charge in [-0.1, -0.05) is 24.3 Å². The van der Waals surface area contributed by atoms with Crippen molar-refractivity contribution in [1.82, 2.24) is 10.2 Å². The van der Waals surface area contributed by atoms with Gasteiger partial charge in [-0.2, -0.15) is 13.2 Å². The number of benzene rings is 1. The van der Waals surface area contributed by atoms with Gasteiger partial charge in [-0.3, -0.25) is 4.79 Å². The number of hydrogen-bond donors (Lipinski definition) is 2. The fourth-order valence-corrected chi connectivity index (χ4v) is 2.36. The number of alkyl halides is 3. The molecule has 0 bridgehead atoms. The topological polar surface area (TPSA) is 52.6 Å². The Balaban J connectivity index is 1.97. The summed E-state index contributed by atoms with van der Waals surface area (Å²) in [5.41, 5.74) is 1.60. The second kappa shape index (κ2) is 6.44. The summed E-state index contributed by atoms with van der Waals surface area (Å²) in [6, 6.07) is 7.23. The molecule has 2 N–H and O–H groups in total. The Labute approximate surface area is 120 Å². The van der Waals surface area contributed by atoms with Crippen molar-refractivity contribution in [3.63, 3.8) is 0 Å². The van der Waals surface area contributed by atoms with E-state index in [1.807, 2.05) is 12.1 Å². The standard InChI is InChI=1S/C14H17F3N2O2/c15-14(16,17)9-18-7-13(21)19-6-5-12(20)11-4-2-1-3-10(11)8-19/h1-4,12,18,20H,5-9H2. The first-order valence-corrected chi connectivity index (χ1v) is 6.68. The van der Waals surface area contributed by atoms with Gasteiger partial charge in [0.05, 0.1) is 19.2 Å². The number of nitrogens with one attached hydrogen (secondary N) is 1. The van der Waals surface area contributed by atoms with Crippen molar-refractivity contribution in [2.45, 2.75) is 25.2 Å². The van der Waals surface area contributed by atoms with Crippen LogP contribution in [0.15, 0.2) is 24.3 Å². The molecule has 0 saturated carbocycles. The average molecular weight is 302 g/mol. The molecule has 1 amide bonds. The van der Waals surface area contributed by atoms with Gasteiger partial charge in [0.2, 0.25) is 5.91 Å². The molecule has 1 heterocycles. The van der Waals surface area contributed by atoms with E-state index in [2.05, 4.69) is 5.32 Å². The number of carbonyl (C=O) groups excluding carboxylic acids is 1. The van der Waals surface area contributed by atoms with E-state index in [-0.39, 0.29) is 6.54 Å². The first-order valence-electron chi connectivity index (χ1n) is 6.68. The molecule has 1 aliphatic rings. The van der Waals surface area contributed by atoms with Crippen LogP contribution < -0.4 is 5.32 Å². The molecule has 1 atom stereocenters. The molecule has 21 heavy (non-hydrogen) atoms. The predicted octanol–water partition coefficient (Wildman–Crippen LogP) is 1.60. The minimum atomic E-state index is -4.33. The maximum atomic E-state index is 12.0. The van der Waals surface area contributed by atoms with Gasteiger partial charge in [-0.15, -0.1) is 0 Å². The van der Waals surface area contributed by atoms with E-state index in [9.17, 15) is 23.1 Å². The lowest BCUT2D eigenvalue weighted by Gasteiger charge is -2.21. The van der Waals surface area contributed by atoms with E-state index in [1.54, 1.807) is 12.1 Å². The first kappa shape index (κ1) is 15.8. The molecule has 4 nitrogen and oxygen atoms in total. The van der Waals surface area contributed by atoms with Crippen LogP contribution in [0, 0.1) is 0 Å². The third-order valence-corrected chi connectivity index (χ3v) is 3.40. The van der Waals surface area contributed by atoms with Gasteiger partial charge < -0.3 is 15.3 Å². The van der Waals surface area contributed by atoms with Gasteiger partial charge >= 0.3 is 6.18 Å². The number of hydrogen-bond acceptors (Lipinski definition) is 3. The highest BCUT2D eigenvalue weighted by molar-refractivity contribution is 5.78. The number of carbonyl (C=O) groups is 1. The molecule has 0 aromatic heterocycles. The van der Waals surface area contributed by atoms with Crippen LogP contribution in [-0.4, -0.2) is 41.7 Å². The lowest BCUT2D eigenvalue weighted by atomic mass is 10.0. The number of aliphatic hydroxyl groups is 1. The summed E-state index contributed by atoms with van der Waals surface area (Å²) in [5, 5.41) is 12.1. The van der Waals surface area contributed by atoms with Gasteiger partial charge in [0, 0.05) is 13.1 Å². The predicted molar refractivity (Wildman–Crippen MR) is 70.4 cm³/mol. The normalized spacial score (nSPS) is 19.0. The largest absolute Gasteiger partial charge is 0.401 e. The van der Waals surface area contributed by atoms with E-state index in [0.717, 1.165) is 11.1 Å². The summed E-state index contributed by atoms with van der Waals surface area (Å²) in [6.45, 7) is -0.925. The van der Waals surface area contributed by atoms with Crippen molar-refractivity contribution >= 4 is 5.91 Å². The molecule has 0 radical (unpaired) electrons.